The van der Waals surface area contributed by atoms with E-state index >= 15 is 0 Å². The van der Waals surface area contributed by atoms with Gasteiger partial charge in [0, 0.05) is 5.02 Å². The minimum Gasteiger partial charge on any atom is -0.482 e. The van der Waals surface area contributed by atoms with Crippen LogP contribution in [0.3, 0.4) is 0 Å². The molecule has 0 fully saturated rings. The van der Waals surface area contributed by atoms with Crippen LogP contribution in [0.25, 0.3) is 0 Å². The van der Waals surface area contributed by atoms with Crippen molar-refractivity contribution >= 4 is 17.6 Å². The summed E-state index contributed by atoms with van der Waals surface area (Å²) >= 11 is 5.91. The number of esters is 1. The van der Waals surface area contributed by atoms with Gasteiger partial charge in [0.1, 0.15) is 5.75 Å². The molecule has 0 aliphatic heterocycles. The molecule has 1 rings (SSSR count). The summed E-state index contributed by atoms with van der Waals surface area (Å²) in [7, 11) is 0. The fourth-order valence-electron chi connectivity index (χ4n) is 1.55. The second-order valence-electron chi connectivity index (χ2n) is 4.15. The van der Waals surface area contributed by atoms with Crippen LogP contribution in [0.4, 0.5) is 0 Å². The minimum atomic E-state index is -0.359. The molecule has 0 amide bonds. The van der Waals surface area contributed by atoms with Gasteiger partial charge in [0.2, 0.25) is 0 Å². The van der Waals surface area contributed by atoms with Crippen molar-refractivity contribution in [2.75, 3.05) is 19.8 Å². The molecule has 106 valence electrons. The summed E-state index contributed by atoms with van der Waals surface area (Å²) < 4.78 is 10.5. The van der Waals surface area contributed by atoms with E-state index in [1.807, 2.05) is 6.92 Å². The standard InChI is InChI=1S/C14H20ClNO3/c1-2-3-8-18-14(17)10-19-13-5-4-12(15)9-11(13)6-7-16/h4-5,9H,2-3,6-8,10,16H2,1H3. The summed E-state index contributed by atoms with van der Waals surface area (Å²) in [4.78, 5) is 11.4. The van der Waals surface area contributed by atoms with Gasteiger partial charge in [-0.05, 0) is 43.1 Å². The Kier molecular flexibility index (Phi) is 7.30. The Morgan fingerprint density at radius 1 is 1.42 bits per heavy atom. The highest BCUT2D eigenvalue weighted by atomic mass is 35.5. The van der Waals surface area contributed by atoms with Crippen LogP contribution in [0.15, 0.2) is 18.2 Å². The largest absolute Gasteiger partial charge is 0.482 e. The molecular weight excluding hydrogens is 266 g/mol. The third kappa shape index (κ3) is 5.94. The van der Waals surface area contributed by atoms with Crippen molar-refractivity contribution in [1.82, 2.24) is 0 Å². The van der Waals surface area contributed by atoms with Crippen LogP contribution < -0.4 is 10.5 Å². The maximum Gasteiger partial charge on any atom is 0.344 e. The molecule has 2 N–H and O–H groups in total. The topological polar surface area (TPSA) is 61.5 Å². The predicted octanol–water partition coefficient (Wildman–Crippen LogP) is 2.56. The quantitative estimate of drug-likeness (QED) is 0.589. The number of unbranched alkanes of at least 4 members (excludes halogenated alkanes) is 1. The number of carbonyl (C=O) groups is 1. The van der Waals surface area contributed by atoms with Gasteiger partial charge in [0.25, 0.3) is 0 Å². The van der Waals surface area contributed by atoms with E-state index in [9.17, 15) is 4.79 Å². The maximum absolute atomic E-state index is 11.4. The van der Waals surface area contributed by atoms with E-state index in [4.69, 9.17) is 26.8 Å². The van der Waals surface area contributed by atoms with Crippen molar-refractivity contribution in [3.63, 3.8) is 0 Å². The molecule has 0 radical (unpaired) electrons. The number of rotatable bonds is 8. The summed E-state index contributed by atoms with van der Waals surface area (Å²) in [5.41, 5.74) is 6.43. The molecular formula is C14H20ClNO3. The molecule has 0 spiro atoms. The van der Waals surface area contributed by atoms with Crippen LogP contribution in [0, 0.1) is 0 Å². The molecule has 4 nitrogen and oxygen atoms in total. The van der Waals surface area contributed by atoms with Gasteiger partial charge < -0.3 is 15.2 Å². The third-order valence-electron chi connectivity index (χ3n) is 2.54. The van der Waals surface area contributed by atoms with Gasteiger partial charge in [0.15, 0.2) is 6.61 Å². The van der Waals surface area contributed by atoms with Crippen molar-refractivity contribution in [3.8, 4) is 5.75 Å². The van der Waals surface area contributed by atoms with Crippen LogP contribution >= 0.6 is 11.6 Å². The molecule has 0 saturated carbocycles. The Hall–Kier alpha value is -1.26. The average molecular weight is 286 g/mol. The molecule has 0 aromatic heterocycles. The molecule has 0 saturated heterocycles. The molecule has 0 aliphatic carbocycles. The highest BCUT2D eigenvalue weighted by Gasteiger charge is 2.08. The fraction of sp³-hybridized carbons (Fsp3) is 0.500. The third-order valence-corrected chi connectivity index (χ3v) is 2.78. The highest BCUT2D eigenvalue weighted by Crippen LogP contribution is 2.23. The lowest BCUT2D eigenvalue weighted by molar-refractivity contribution is -0.146. The second-order valence-corrected chi connectivity index (χ2v) is 4.59. The van der Waals surface area contributed by atoms with Crippen LogP contribution in [0.5, 0.6) is 5.75 Å². The first-order valence-corrected chi connectivity index (χ1v) is 6.82. The molecule has 0 heterocycles. The highest BCUT2D eigenvalue weighted by molar-refractivity contribution is 6.30. The Morgan fingerprint density at radius 3 is 2.89 bits per heavy atom. The minimum absolute atomic E-state index is 0.0943. The first-order chi connectivity index (χ1) is 9.17. The van der Waals surface area contributed by atoms with E-state index in [0.717, 1.165) is 18.4 Å². The number of nitrogens with two attached hydrogens (primary N) is 1. The first kappa shape index (κ1) is 15.8. The van der Waals surface area contributed by atoms with E-state index in [2.05, 4.69) is 0 Å². The molecule has 0 aliphatic rings. The van der Waals surface area contributed by atoms with Crippen molar-refractivity contribution in [2.24, 2.45) is 5.73 Å². The van der Waals surface area contributed by atoms with Gasteiger partial charge in [-0.2, -0.15) is 0 Å². The molecule has 1 aromatic carbocycles. The predicted molar refractivity (Wildman–Crippen MR) is 75.6 cm³/mol. The van der Waals surface area contributed by atoms with E-state index in [1.165, 1.54) is 0 Å². The van der Waals surface area contributed by atoms with Crippen molar-refractivity contribution in [2.45, 2.75) is 26.2 Å². The molecule has 0 unspecified atom stereocenters. The summed E-state index contributed by atoms with van der Waals surface area (Å²) in [5.74, 6) is 0.268. The van der Waals surface area contributed by atoms with Crippen LogP contribution in [-0.2, 0) is 16.0 Å². The summed E-state index contributed by atoms with van der Waals surface area (Å²) in [6, 6.07) is 5.26. The number of hydrogen-bond acceptors (Lipinski definition) is 4. The molecule has 1 aromatic rings. The molecule has 0 bridgehead atoms. The smallest absolute Gasteiger partial charge is 0.344 e. The van der Waals surface area contributed by atoms with Crippen molar-refractivity contribution in [1.29, 1.82) is 0 Å². The summed E-state index contributed by atoms with van der Waals surface area (Å²) in [6.07, 6.45) is 2.51. The lowest BCUT2D eigenvalue weighted by atomic mass is 10.1. The van der Waals surface area contributed by atoms with Gasteiger partial charge in [-0.15, -0.1) is 0 Å². The molecule has 5 heteroatoms. The maximum atomic E-state index is 11.4. The number of carbonyl (C=O) groups excluding carboxylic acids is 1. The van der Waals surface area contributed by atoms with Gasteiger partial charge >= 0.3 is 5.97 Å². The van der Waals surface area contributed by atoms with Gasteiger partial charge in [0.05, 0.1) is 6.61 Å². The van der Waals surface area contributed by atoms with E-state index < -0.39 is 0 Å². The van der Waals surface area contributed by atoms with Crippen LogP contribution in [-0.4, -0.2) is 25.7 Å². The summed E-state index contributed by atoms with van der Waals surface area (Å²) in [6.45, 7) is 2.88. The SMILES string of the molecule is CCCCOC(=O)COc1ccc(Cl)cc1CCN. The lowest BCUT2D eigenvalue weighted by Gasteiger charge is -2.11. The Labute approximate surface area is 118 Å². The van der Waals surface area contributed by atoms with Crippen LogP contribution in [0.1, 0.15) is 25.3 Å². The lowest BCUT2D eigenvalue weighted by Crippen LogP contribution is -2.16. The number of benzene rings is 1. The molecule has 0 atom stereocenters. The van der Waals surface area contributed by atoms with Gasteiger partial charge in [-0.3, -0.25) is 0 Å². The van der Waals surface area contributed by atoms with Crippen molar-refractivity contribution < 1.29 is 14.3 Å². The monoisotopic (exact) mass is 285 g/mol. The summed E-state index contributed by atoms with van der Waals surface area (Å²) in [5, 5.41) is 0.626. The van der Waals surface area contributed by atoms with Gasteiger partial charge in [-0.25, -0.2) is 4.79 Å². The normalized spacial score (nSPS) is 10.3. The zero-order valence-corrected chi connectivity index (χ0v) is 11.9. The number of halogens is 1. The Bertz CT molecular complexity index is 410. The number of hydrogen-bond donors (Lipinski definition) is 1. The van der Waals surface area contributed by atoms with E-state index in [1.54, 1.807) is 18.2 Å². The average Bonchev–Trinajstić information content (AvgIpc) is 2.38. The van der Waals surface area contributed by atoms with Crippen LogP contribution in [0.2, 0.25) is 5.02 Å². The Morgan fingerprint density at radius 2 is 2.21 bits per heavy atom. The van der Waals surface area contributed by atoms with E-state index in [-0.39, 0.29) is 12.6 Å². The molecule has 19 heavy (non-hydrogen) atoms. The fourth-order valence-corrected chi connectivity index (χ4v) is 1.74. The number of ether oxygens (including phenoxy) is 2. The van der Waals surface area contributed by atoms with Gasteiger partial charge in [-0.1, -0.05) is 24.9 Å². The zero-order chi connectivity index (χ0) is 14.1. The van der Waals surface area contributed by atoms with Crippen molar-refractivity contribution in [3.05, 3.63) is 28.8 Å². The Balaban J connectivity index is 2.50. The first-order valence-electron chi connectivity index (χ1n) is 6.44. The zero-order valence-electron chi connectivity index (χ0n) is 11.2. The second kappa shape index (κ2) is 8.77. The van der Waals surface area contributed by atoms with E-state index in [0.29, 0.717) is 30.3 Å².